The van der Waals surface area contributed by atoms with Gasteiger partial charge in [0.1, 0.15) is 16.5 Å². The lowest BCUT2D eigenvalue weighted by atomic mass is 10.1. The van der Waals surface area contributed by atoms with Crippen LogP contribution in [0.3, 0.4) is 0 Å². The third-order valence-electron chi connectivity index (χ3n) is 4.87. The summed E-state index contributed by atoms with van der Waals surface area (Å²) in [6, 6.07) is 5.22. The minimum Gasteiger partial charge on any atom is -0.467 e. The van der Waals surface area contributed by atoms with Crippen LogP contribution in [-0.4, -0.2) is 68.6 Å². The van der Waals surface area contributed by atoms with Gasteiger partial charge in [0.05, 0.1) is 18.3 Å². The van der Waals surface area contributed by atoms with Crippen LogP contribution >= 0.6 is 11.6 Å². The minimum atomic E-state index is -4.65. The van der Waals surface area contributed by atoms with Crippen LogP contribution in [0.25, 0.3) is 0 Å². The Hall–Kier alpha value is -2.85. The molecule has 1 amide bonds. The van der Waals surface area contributed by atoms with Gasteiger partial charge in [-0.25, -0.2) is 9.78 Å². The van der Waals surface area contributed by atoms with Crippen molar-refractivity contribution in [2.45, 2.75) is 39.0 Å². The summed E-state index contributed by atoms with van der Waals surface area (Å²) in [6.45, 7) is 2.99. The van der Waals surface area contributed by atoms with Crippen molar-refractivity contribution in [3.05, 3.63) is 46.6 Å². The molecule has 0 radical (unpaired) electrons. The number of alkyl halides is 3. The van der Waals surface area contributed by atoms with E-state index in [2.05, 4.69) is 9.71 Å². The van der Waals surface area contributed by atoms with Crippen molar-refractivity contribution in [1.29, 1.82) is 0 Å². The van der Waals surface area contributed by atoms with Crippen molar-refractivity contribution < 1.29 is 50.4 Å². The summed E-state index contributed by atoms with van der Waals surface area (Å²) in [5.74, 6) is 0.0880. The Morgan fingerprint density at radius 1 is 1.26 bits per heavy atom. The first-order chi connectivity index (χ1) is 18.2. The lowest BCUT2D eigenvalue weighted by molar-refractivity contribution is -0.137. The number of amides is 1. The van der Waals surface area contributed by atoms with Gasteiger partial charge in [-0.3, -0.25) is 0 Å². The number of nitrogens with one attached hydrogen (secondary N) is 1. The molecule has 0 atom stereocenters. The van der Waals surface area contributed by atoms with Crippen LogP contribution < -0.4 is 14.2 Å². The Balaban J connectivity index is 2.19. The molecule has 2 aromatic rings. The van der Waals surface area contributed by atoms with Gasteiger partial charge in [-0.05, 0) is 44.4 Å². The molecule has 0 unspecified atom stereocenters. The van der Waals surface area contributed by atoms with Gasteiger partial charge in [0.15, 0.2) is 6.79 Å². The second-order valence-corrected chi connectivity index (χ2v) is 10.3. The van der Waals surface area contributed by atoms with Crippen LogP contribution in [0.5, 0.6) is 17.4 Å². The normalized spacial score (nSPS) is 12.0. The van der Waals surface area contributed by atoms with Gasteiger partial charge in [0.25, 0.3) is 0 Å². The summed E-state index contributed by atoms with van der Waals surface area (Å²) < 4.78 is 87.4. The summed E-state index contributed by atoms with van der Waals surface area (Å²) >= 11 is 5.97. The van der Waals surface area contributed by atoms with Gasteiger partial charge < -0.3 is 24.1 Å². The quantitative estimate of drug-likeness (QED) is 0.220. The first-order valence-electron chi connectivity index (χ1n) is 11.5. The standard InChI is InChI=1S/C23H29ClF3N3O8S/c1-15(2)36-10-8-29-39(33,34)30(22(31)32)9-4-5-16-6-7-18(37-14-35-3)12-20(16)38-21-19(24)11-17(13-28-21)23(25,26)27/h6-7,11-13,15,29H,4-5,8-10,14H2,1-3H3,(H,31,32). The molecular weight excluding hydrogens is 571 g/mol. The molecule has 0 spiro atoms. The van der Waals surface area contributed by atoms with Crippen LogP contribution in [0.1, 0.15) is 31.4 Å². The first-order valence-corrected chi connectivity index (χ1v) is 13.3. The molecule has 16 heteroatoms. The van der Waals surface area contributed by atoms with Gasteiger partial charge >= 0.3 is 22.5 Å². The van der Waals surface area contributed by atoms with Crippen LogP contribution in [-0.2, 0) is 32.3 Å². The molecule has 0 bridgehead atoms. The summed E-state index contributed by atoms with van der Waals surface area (Å²) in [5, 5.41) is 9.05. The molecule has 0 saturated carbocycles. The van der Waals surface area contributed by atoms with E-state index in [0.29, 0.717) is 23.6 Å². The fourth-order valence-corrected chi connectivity index (χ4v) is 4.36. The average Bonchev–Trinajstić information content (AvgIpc) is 2.84. The molecule has 0 aliphatic heterocycles. The largest absolute Gasteiger partial charge is 0.467 e. The van der Waals surface area contributed by atoms with Crippen LogP contribution in [0.4, 0.5) is 18.0 Å². The van der Waals surface area contributed by atoms with Crippen LogP contribution in [0, 0.1) is 0 Å². The molecule has 1 aromatic carbocycles. The number of methoxy groups -OCH3 is 1. The predicted molar refractivity (Wildman–Crippen MR) is 134 cm³/mol. The van der Waals surface area contributed by atoms with Crippen molar-refractivity contribution in [3.8, 4) is 17.4 Å². The van der Waals surface area contributed by atoms with Gasteiger partial charge in [-0.15, -0.1) is 0 Å². The fourth-order valence-electron chi connectivity index (χ4n) is 3.09. The SMILES string of the molecule is COCOc1ccc(CCCN(C(=O)O)S(=O)(=O)NCCOC(C)C)c(Oc2ncc(C(F)(F)F)cc2Cl)c1. The zero-order valence-corrected chi connectivity index (χ0v) is 22.9. The first kappa shape index (κ1) is 32.4. The molecule has 0 aliphatic rings. The number of pyridine rings is 1. The van der Waals surface area contributed by atoms with Crippen molar-refractivity contribution in [1.82, 2.24) is 14.0 Å². The summed E-state index contributed by atoms with van der Waals surface area (Å²) in [5.41, 5.74) is -0.602. The van der Waals surface area contributed by atoms with E-state index in [1.807, 2.05) is 0 Å². The maximum Gasteiger partial charge on any atom is 0.422 e. The van der Waals surface area contributed by atoms with E-state index < -0.39 is 39.6 Å². The monoisotopic (exact) mass is 599 g/mol. The molecule has 0 saturated heterocycles. The Labute approximate surface area is 229 Å². The lowest BCUT2D eigenvalue weighted by Gasteiger charge is -2.20. The van der Waals surface area contributed by atoms with E-state index in [-0.39, 0.29) is 54.8 Å². The number of ether oxygens (including phenoxy) is 4. The van der Waals surface area contributed by atoms with Crippen LogP contribution in [0.2, 0.25) is 5.02 Å². The maximum absolute atomic E-state index is 13.0. The van der Waals surface area contributed by atoms with Crippen LogP contribution in [0.15, 0.2) is 30.5 Å². The second kappa shape index (κ2) is 14.5. The van der Waals surface area contributed by atoms with Crippen molar-refractivity contribution in [2.75, 3.05) is 33.6 Å². The highest BCUT2D eigenvalue weighted by atomic mass is 35.5. The average molecular weight is 600 g/mol. The molecule has 0 aliphatic carbocycles. The zero-order chi connectivity index (χ0) is 29.2. The number of aryl methyl sites for hydroxylation is 1. The Morgan fingerprint density at radius 3 is 2.56 bits per heavy atom. The van der Waals surface area contributed by atoms with Crippen molar-refractivity contribution >= 4 is 27.9 Å². The molecule has 1 heterocycles. The van der Waals surface area contributed by atoms with E-state index in [0.717, 1.165) is 0 Å². The predicted octanol–water partition coefficient (Wildman–Crippen LogP) is 4.70. The molecular formula is C23H29ClF3N3O8S. The van der Waals surface area contributed by atoms with E-state index in [1.54, 1.807) is 26.0 Å². The second-order valence-electron chi connectivity index (χ2n) is 8.21. The van der Waals surface area contributed by atoms with E-state index in [1.165, 1.54) is 13.2 Å². The third-order valence-corrected chi connectivity index (χ3v) is 6.63. The number of hydrogen-bond acceptors (Lipinski definition) is 8. The van der Waals surface area contributed by atoms with Gasteiger partial charge in [0, 0.05) is 32.5 Å². The van der Waals surface area contributed by atoms with E-state index >= 15 is 0 Å². The number of benzene rings is 1. The highest BCUT2D eigenvalue weighted by Crippen LogP contribution is 2.36. The molecule has 218 valence electrons. The number of nitrogens with zero attached hydrogens (tertiary/aromatic N) is 2. The smallest absolute Gasteiger partial charge is 0.422 e. The molecule has 1 aromatic heterocycles. The zero-order valence-electron chi connectivity index (χ0n) is 21.3. The third kappa shape index (κ3) is 10.3. The summed E-state index contributed by atoms with van der Waals surface area (Å²) in [7, 11) is -2.94. The molecule has 2 N–H and O–H groups in total. The Morgan fingerprint density at radius 2 is 1.97 bits per heavy atom. The van der Waals surface area contributed by atoms with E-state index in [9.17, 15) is 31.5 Å². The molecule has 11 nitrogen and oxygen atoms in total. The lowest BCUT2D eigenvalue weighted by Crippen LogP contribution is -2.45. The van der Waals surface area contributed by atoms with Crippen molar-refractivity contribution in [3.63, 3.8) is 0 Å². The molecule has 39 heavy (non-hydrogen) atoms. The number of carbonyl (C=O) groups is 1. The highest BCUT2D eigenvalue weighted by Gasteiger charge is 2.32. The summed E-state index contributed by atoms with van der Waals surface area (Å²) in [4.78, 5) is 15.3. The van der Waals surface area contributed by atoms with Gasteiger partial charge in [-0.2, -0.15) is 30.6 Å². The van der Waals surface area contributed by atoms with E-state index in [4.69, 9.17) is 30.5 Å². The Kier molecular flexibility index (Phi) is 12.0. The highest BCUT2D eigenvalue weighted by molar-refractivity contribution is 7.87. The molecule has 0 fully saturated rings. The van der Waals surface area contributed by atoms with Gasteiger partial charge in [-0.1, -0.05) is 17.7 Å². The van der Waals surface area contributed by atoms with Crippen molar-refractivity contribution in [2.24, 2.45) is 0 Å². The Bertz CT molecular complexity index is 1220. The number of hydrogen-bond donors (Lipinski definition) is 2. The molecule has 2 rings (SSSR count). The number of aromatic nitrogens is 1. The summed E-state index contributed by atoms with van der Waals surface area (Å²) in [6.07, 6.45) is -5.72. The number of rotatable bonds is 15. The topological polar surface area (TPSA) is 137 Å². The minimum absolute atomic E-state index is 0.0402. The number of carboxylic acid groups (broad SMARTS) is 1. The number of halogens is 4. The fraction of sp³-hybridized carbons (Fsp3) is 0.478. The van der Waals surface area contributed by atoms with Gasteiger partial charge in [0.2, 0.25) is 5.88 Å². The maximum atomic E-state index is 13.0.